The van der Waals surface area contributed by atoms with Gasteiger partial charge >= 0.3 is 0 Å². The fraction of sp³-hybridized carbons (Fsp3) is 0.200. The number of hydrogen-bond donors (Lipinski definition) is 2. The average Bonchev–Trinajstić information content (AvgIpc) is 3.14. The second-order valence-corrected chi connectivity index (χ2v) is 7.44. The van der Waals surface area contributed by atoms with Gasteiger partial charge in [0.1, 0.15) is 12.4 Å². The maximum absolute atomic E-state index is 5.91. The van der Waals surface area contributed by atoms with Crippen molar-refractivity contribution in [2.45, 2.75) is 25.5 Å². The van der Waals surface area contributed by atoms with Gasteiger partial charge in [0.2, 0.25) is 0 Å². The van der Waals surface area contributed by atoms with Gasteiger partial charge in [-0.3, -0.25) is 0 Å². The largest absolute Gasteiger partial charge is 0.489 e. The minimum Gasteiger partial charge on any atom is -0.489 e. The van der Waals surface area contributed by atoms with E-state index in [2.05, 4.69) is 71.0 Å². The fourth-order valence-corrected chi connectivity index (χ4v) is 4.13. The Balaban J connectivity index is 1.29. The molecule has 0 spiro atoms. The molecule has 1 unspecified atom stereocenters. The van der Waals surface area contributed by atoms with Gasteiger partial charge < -0.3 is 15.0 Å². The molecular formula is C25H24N2O. The lowest BCUT2D eigenvalue weighted by Gasteiger charge is -2.24. The van der Waals surface area contributed by atoms with Crippen LogP contribution in [0.4, 0.5) is 0 Å². The molecule has 0 radical (unpaired) electrons. The summed E-state index contributed by atoms with van der Waals surface area (Å²) < 4.78 is 5.91. The molecule has 28 heavy (non-hydrogen) atoms. The summed E-state index contributed by atoms with van der Waals surface area (Å²) in [7, 11) is 0. The van der Waals surface area contributed by atoms with Crippen LogP contribution in [0.2, 0.25) is 0 Å². The highest BCUT2D eigenvalue weighted by molar-refractivity contribution is 5.85. The van der Waals surface area contributed by atoms with Crippen molar-refractivity contribution in [3.05, 3.63) is 101 Å². The molecule has 0 amide bonds. The summed E-state index contributed by atoms with van der Waals surface area (Å²) in [5, 5.41) is 5.05. The number of hydrogen-bond acceptors (Lipinski definition) is 2. The molecule has 0 aliphatic carbocycles. The van der Waals surface area contributed by atoms with E-state index in [1.165, 1.54) is 33.3 Å². The summed E-state index contributed by atoms with van der Waals surface area (Å²) in [5.41, 5.74) is 6.56. The van der Waals surface area contributed by atoms with Gasteiger partial charge in [-0.2, -0.15) is 0 Å². The topological polar surface area (TPSA) is 37.0 Å². The normalized spacial score (nSPS) is 16.1. The second-order valence-electron chi connectivity index (χ2n) is 7.44. The number of aromatic nitrogens is 1. The number of H-pyrrole nitrogens is 1. The monoisotopic (exact) mass is 368 g/mol. The van der Waals surface area contributed by atoms with Crippen LogP contribution in [-0.4, -0.2) is 11.5 Å². The minimum atomic E-state index is 0.326. The third kappa shape index (κ3) is 3.41. The SMILES string of the molecule is c1ccc(COc2ccc(CC3NCCc4c3[nH]c3ccccc43)cc2)cc1. The van der Waals surface area contributed by atoms with Crippen LogP contribution in [-0.2, 0) is 19.4 Å². The molecule has 140 valence electrons. The molecule has 3 nitrogen and oxygen atoms in total. The maximum atomic E-state index is 5.91. The van der Waals surface area contributed by atoms with Gasteiger partial charge in [0, 0.05) is 16.6 Å². The van der Waals surface area contributed by atoms with Crippen molar-refractivity contribution < 1.29 is 4.74 Å². The zero-order valence-electron chi connectivity index (χ0n) is 15.8. The Hall–Kier alpha value is -3.04. The van der Waals surface area contributed by atoms with Crippen LogP contribution in [0.25, 0.3) is 10.9 Å². The van der Waals surface area contributed by atoms with Crippen LogP contribution in [0.5, 0.6) is 5.75 Å². The molecule has 2 N–H and O–H groups in total. The molecule has 0 bridgehead atoms. The summed E-state index contributed by atoms with van der Waals surface area (Å²) in [4.78, 5) is 3.65. The Labute approximate surface area is 165 Å². The van der Waals surface area contributed by atoms with E-state index in [9.17, 15) is 0 Å². The summed E-state index contributed by atoms with van der Waals surface area (Å²) in [5.74, 6) is 0.913. The van der Waals surface area contributed by atoms with Crippen LogP contribution in [0.3, 0.4) is 0 Å². The number of nitrogens with one attached hydrogen (secondary N) is 2. The smallest absolute Gasteiger partial charge is 0.119 e. The van der Waals surface area contributed by atoms with Crippen LogP contribution in [0, 0.1) is 0 Å². The van der Waals surface area contributed by atoms with Crippen LogP contribution in [0.15, 0.2) is 78.9 Å². The molecule has 3 heteroatoms. The summed E-state index contributed by atoms with van der Waals surface area (Å²) >= 11 is 0. The van der Waals surface area contributed by atoms with Gasteiger partial charge in [-0.05, 0) is 54.3 Å². The van der Waals surface area contributed by atoms with E-state index in [1.54, 1.807) is 0 Å². The molecule has 1 aliphatic rings. The lowest BCUT2D eigenvalue weighted by atomic mass is 9.95. The number of para-hydroxylation sites is 1. The van der Waals surface area contributed by atoms with E-state index < -0.39 is 0 Å². The van der Waals surface area contributed by atoms with Gasteiger partial charge in [-0.1, -0.05) is 60.7 Å². The third-order valence-electron chi connectivity index (χ3n) is 5.57. The average molecular weight is 368 g/mol. The number of rotatable bonds is 5. The quantitative estimate of drug-likeness (QED) is 0.509. The first kappa shape index (κ1) is 17.1. The van der Waals surface area contributed by atoms with Gasteiger partial charge in [0.05, 0.1) is 6.04 Å². The Morgan fingerprint density at radius 3 is 2.46 bits per heavy atom. The molecule has 1 aliphatic heterocycles. The molecule has 3 aromatic carbocycles. The first-order valence-electron chi connectivity index (χ1n) is 9.95. The van der Waals surface area contributed by atoms with E-state index in [4.69, 9.17) is 4.74 Å². The predicted octanol–water partition coefficient (Wildman–Crippen LogP) is 5.18. The lowest BCUT2D eigenvalue weighted by Crippen LogP contribution is -2.31. The maximum Gasteiger partial charge on any atom is 0.119 e. The van der Waals surface area contributed by atoms with E-state index in [0.29, 0.717) is 12.6 Å². The highest BCUT2D eigenvalue weighted by atomic mass is 16.5. The fourth-order valence-electron chi connectivity index (χ4n) is 4.13. The second kappa shape index (κ2) is 7.53. The predicted molar refractivity (Wildman–Crippen MR) is 114 cm³/mol. The van der Waals surface area contributed by atoms with Gasteiger partial charge in [0.25, 0.3) is 0 Å². The Morgan fingerprint density at radius 2 is 1.61 bits per heavy atom. The summed E-state index contributed by atoms with van der Waals surface area (Å²) in [6, 6.07) is 27.7. The zero-order chi connectivity index (χ0) is 18.8. The summed E-state index contributed by atoms with van der Waals surface area (Å²) in [6.07, 6.45) is 2.06. The molecule has 1 aromatic heterocycles. The van der Waals surface area contributed by atoms with Crippen molar-refractivity contribution in [1.82, 2.24) is 10.3 Å². The number of ether oxygens (including phenoxy) is 1. The van der Waals surface area contributed by atoms with Crippen molar-refractivity contribution in [2.75, 3.05) is 6.54 Å². The van der Waals surface area contributed by atoms with E-state index in [-0.39, 0.29) is 0 Å². The van der Waals surface area contributed by atoms with Crippen LogP contribution < -0.4 is 10.1 Å². The van der Waals surface area contributed by atoms with Crippen LogP contribution in [0.1, 0.15) is 28.4 Å². The lowest BCUT2D eigenvalue weighted by molar-refractivity contribution is 0.306. The van der Waals surface area contributed by atoms with E-state index >= 15 is 0 Å². The molecule has 5 rings (SSSR count). The Bertz CT molecular complexity index is 1070. The van der Waals surface area contributed by atoms with Crippen molar-refractivity contribution in [2.24, 2.45) is 0 Å². The van der Waals surface area contributed by atoms with Crippen molar-refractivity contribution in [3.8, 4) is 5.75 Å². The van der Waals surface area contributed by atoms with E-state index in [0.717, 1.165) is 25.1 Å². The van der Waals surface area contributed by atoms with Gasteiger partial charge in [0.15, 0.2) is 0 Å². The molecule has 1 atom stereocenters. The molecule has 0 saturated carbocycles. The van der Waals surface area contributed by atoms with Crippen molar-refractivity contribution in [3.63, 3.8) is 0 Å². The molecule has 4 aromatic rings. The van der Waals surface area contributed by atoms with E-state index in [1.807, 2.05) is 18.2 Å². The minimum absolute atomic E-state index is 0.326. The van der Waals surface area contributed by atoms with Gasteiger partial charge in [-0.25, -0.2) is 0 Å². The highest BCUT2D eigenvalue weighted by Crippen LogP contribution is 2.31. The first-order valence-corrected chi connectivity index (χ1v) is 9.95. The standard InChI is InChI=1S/C25H24N2O/c1-2-6-19(7-3-1)17-28-20-12-10-18(11-13-20)16-24-25-22(14-15-26-24)21-8-4-5-9-23(21)27-25/h1-13,24,26-27H,14-17H2. The zero-order valence-corrected chi connectivity index (χ0v) is 15.8. The Morgan fingerprint density at radius 1 is 0.821 bits per heavy atom. The van der Waals surface area contributed by atoms with Crippen molar-refractivity contribution in [1.29, 1.82) is 0 Å². The molecular weight excluding hydrogens is 344 g/mol. The molecule has 2 heterocycles. The molecule has 0 saturated heterocycles. The van der Waals surface area contributed by atoms with Gasteiger partial charge in [-0.15, -0.1) is 0 Å². The van der Waals surface area contributed by atoms with Crippen LogP contribution >= 0.6 is 0 Å². The summed E-state index contributed by atoms with van der Waals surface area (Å²) in [6.45, 7) is 1.63. The number of fused-ring (bicyclic) bond motifs is 3. The first-order chi connectivity index (χ1) is 13.9. The number of benzene rings is 3. The third-order valence-corrected chi connectivity index (χ3v) is 5.57. The van der Waals surface area contributed by atoms with Crippen molar-refractivity contribution >= 4 is 10.9 Å². The Kier molecular flexibility index (Phi) is 4.59. The molecule has 0 fully saturated rings. The number of aromatic amines is 1. The highest BCUT2D eigenvalue weighted by Gasteiger charge is 2.23.